The molecule has 4 atom stereocenters. The average molecular weight is 541 g/mol. The zero-order chi connectivity index (χ0) is 28.6. The standard InChI is InChI=1S/C19H25NO2.C11H15NO5/c1-14(8-9-16-6-4-3-5-7-16)20-15(2)19(22)17-10-12-18(21)13-11-17;1-15-9-4-2-3-5-10(9)16-6-8(13)7-17-11(12)14/h3-7,10-15,19-22H,8-9H2,1-2H3;2-5,8,13H,6-7H2,1H3,(H2,12,14). The molecule has 1 amide bonds. The topological polar surface area (TPSA) is 144 Å². The number of aromatic hydroxyl groups is 1. The molecule has 0 saturated carbocycles. The first-order valence-electron chi connectivity index (χ1n) is 12.8. The number of phenols is 1. The fraction of sp³-hybridized carbons (Fsp3) is 0.367. The SMILES string of the molecule is CC(CCc1ccccc1)NC(C)C(O)c1ccc(O)cc1.COc1ccccc1OCC(O)COC(N)=O. The quantitative estimate of drug-likeness (QED) is 0.219. The number of ether oxygens (including phenoxy) is 3. The second kappa shape index (κ2) is 16.9. The van der Waals surface area contributed by atoms with Crippen molar-refractivity contribution in [2.24, 2.45) is 5.73 Å². The molecule has 0 aliphatic carbocycles. The Kier molecular flexibility index (Phi) is 13.6. The summed E-state index contributed by atoms with van der Waals surface area (Å²) in [7, 11) is 1.52. The van der Waals surface area contributed by atoms with Crippen molar-refractivity contribution in [2.75, 3.05) is 20.3 Å². The van der Waals surface area contributed by atoms with Gasteiger partial charge < -0.3 is 40.6 Å². The predicted molar refractivity (Wildman–Crippen MR) is 150 cm³/mol. The van der Waals surface area contributed by atoms with Crippen LogP contribution < -0.4 is 20.5 Å². The lowest BCUT2D eigenvalue weighted by Gasteiger charge is -2.25. The monoisotopic (exact) mass is 540 g/mol. The molecule has 39 heavy (non-hydrogen) atoms. The molecule has 0 aliphatic rings. The lowest BCUT2D eigenvalue weighted by atomic mass is 10.0. The molecule has 6 N–H and O–H groups in total. The number of phenolic OH excluding ortho intramolecular Hbond substituents is 1. The van der Waals surface area contributed by atoms with Gasteiger partial charge in [-0.3, -0.25) is 0 Å². The van der Waals surface area contributed by atoms with Crippen LogP contribution in [-0.2, 0) is 11.2 Å². The molecule has 4 unspecified atom stereocenters. The smallest absolute Gasteiger partial charge is 0.404 e. The number of benzene rings is 3. The summed E-state index contributed by atoms with van der Waals surface area (Å²) in [5.74, 6) is 1.29. The zero-order valence-electron chi connectivity index (χ0n) is 22.7. The van der Waals surface area contributed by atoms with Gasteiger partial charge in [-0.2, -0.15) is 0 Å². The third-order valence-electron chi connectivity index (χ3n) is 5.88. The van der Waals surface area contributed by atoms with Crippen LogP contribution in [0, 0.1) is 0 Å². The highest BCUT2D eigenvalue weighted by Gasteiger charge is 2.18. The molecule has 3 rings (SSSR count). The van der Waals surface area contributed by atoms with E-state index in [1.54, 1.807) is 48.5 Å². The van der Waals surface area contributed by atoms with Crippen LogP contribution in [0.1, 0.15) is 37.5 Å². The molecule has 9 nitrogen and oxygen atoms in total. The fourth-order valence-electron chi connectivity index (χ4n) is 3.76. The molecule has 0 fully saturated rings. The van der Waals surface area contributed by atoms with Gasteiger partial charge in [-0.05, 0) is 62.1 Å². The van der Waals surface area contributed by atoms with Crippen LogP contribution in [0.2, 0.25) is 0 Å². The summed E-state index contributed by atoms with van der Waals surface area (Å²) >= 11 is 0. The number of para-hydroxylation sites is 2. The number of carbonyl (C=O) groups is 1. The van der Waals surface area contributed by atoms with Gasteiger partial charge in [0.2, 0.25) is 0 Å². The van der Waals surface area contributed by atoms with E-state index in [-0.39, 0.29) is 25.0 Å². The normalized spacial score (nSPS) is 13.7. The van der Waals surface area contributed by atoms with Gasteiger partial charge in [0.25, 0.3) is 0 Å². The maximum Gasteiger partial charge on any atom is 0.404 e. The van der Waals surface area contributed by atoms with E-state index in [1.807, 2.05) is 13.0 Å². The number of methoxy groups -OCH3 is 1. The van der Waals surface area contributed by atoms with Crippen LogP contribution in [0.15, 0.2) is 78.9 Å². The lowest BCUT2D eigenvalue weighted by molar-refractivity contribution is 0.0413. The largest absolute Gasteiger partial charge is 0.508 e. The second-order valence-electron chi connectivity index (χ2n) is 9.16. The van der Waals surface area contributed by atoms with Crippen LogP contribution in [0.3, 0.4) is 0 Å². The van der Waals surface area contributed by atoms with Crippen molar-refractivity contribution >= 4 is 6.09 Å². The van der Waals surface area contributed by atoms with E-state index < -0.39 is 18.3 Å². The molecule has 0 spiro atoms. The van der Waals surface area contributed by atoms with Crippen molar-refractivity contribution in [3.63, 3.8) is 0 Å². The highest BCUT2D eigenvalue weighted by molar-refractivity contribution is 5.64. The Labute approximate surface area is 230 Å². The Morgan fingerprint density at radius 2 is 1.51 bits per heavy atom. The summed E-state index contributed by atoms with van der Waals surface area (Å²) in [6.07, 6.45) is -0.401. The summed E-state index contributed by atoms with van der Waals surface area (Å²) < 4.78 is 14.8. The van der Waals surface area contributed by atoms with Crippen molar-refractivity contribution in [3.8, 4) is 17.2 Å². The van der Waals surface area contributed by atoms with E-state index in [0.29, 0.717) is 17.5 Å². The number of amides is 1. The maximum atomic E-state index is 10.4. The van der Waals surface area contributed by atoms with E-state index in [0.717, 1.165) is 18.4 Å². The van der Waals surface area contributed by atoms with Crippen LogP contribution >= 0.6 is 0 Å². The summed E-state index contributed by atoms with van der Waals surface area (Å²) in [4.78, 5) is 10.3. The first kappa shape index (κ1) is 31.4. The van der Waals surface area contributed by atoms with Crippen molar-refractivity contribution < 1.29 is 34.3 Å². The Morgan fingerprint density at radius 3 is 2.13 bits per heavy atom. The summed E-state index contributed by atoms with van der Waals surface area (Å²) in [5.41, 5.74) is 6.91. The third kappa shape index (κ3) is 12.1. The summed E-state index contributed by atoms with van der Waals surface area (Å²) in [5, 5.41) is 32.5. The minimum Gasteiger partial charge on any atom is -0.508 e. The molecule has 0 heterocycles. The molecular formula is C30H40N2O7. The van der Waals surface area contributed by atoms with Crippen molar-refractivity contribution in [2.45, 2.75) is 51.0 Å². The van der Waals surface area contributed by atoms with Crippen LogP contribution in [0.5, 0.6) is 17.2 Å². The number of rotatable bonds is 13. The number of carbonyl (C=O) groups excluding carboxylic acids is 1. The van der Waals surface area contributed by atoms with Gasteiger partial charge in [0.1, 0.15) is 25.1 Å². The van der Waals surface area contributed by atoms with Crippen molar-refractivity contribution in [1.82, 2.24) is 5.32 Å². The Morgan fingerprint density at radius 1 is 0.897 bits per heavy atom. The minimum absolute atomic E-state index is 0.0202. The molecular weight excluding hydrogens is 500 g/mol. The van der Waals surface area contributed by atoms with E-state index in [1.165, 1.54) is 12.7 Å². The van der Waals surface area contributed by atoms with Gasteiger partial charge in [-0.1, -0.05) is 54.6 Å². The van der Waals surface area contributed by atoms with Gasteiger partial charge in [-0.15, -0.1) is 0 Å². The Balaban J connectivity index is 0.000000283. The third-order valence-corrected chi connectivity index (χ3v) is 5.88. The lowest BCUT2D eigenvalue weighted by Crippen LogP contribution is -2.38. The number of aryl methyl sites for hydroxylation is 1. The number of hydrogen-bond acceptors (Lipinski definition) is 8. The number of aliphatic hydroxyl groups excluding tert-OH is 2. The van der Waals surface area contributed by atoms with E-state index in [2.05, 4.69) is 41.2 Å². The van der Waals surface area contributed by atoms with E-state index in [4.69, 9.17) is 15.2 Å². The van der Waals surface area contributed by atoms with E-state index >= 15 is 0 Å². The first-order chi connectivity index (χ1) is 18.7. The molecule has 3 aromatic rings. The molecule has 3 aromatic carbocycles. The van der Waals surface area contributed by atoms with E-state index in [9.17, 15) is 20.1 Å². The predicted octanol–water partition coefficient (Wildman–Crippen LogP) is 3.96. The molecule has 0 bridgehead atoms. The minimum atomic E-state index is -0.938. The molecule has 0 aliphatic heterocycles. The Hall–Kier alpha value is -3.79. The van der Waals surface area contributed by atoms with Gasteiger partial charge in [0, 0.05) is 12.1 Å². The molecule has 9 heteroatoms. The van der Waals surface area contributed by atoms with Crippen LogP contribution in [-0.4, -0.2) is 59.9 Å². The highest BCUT2D eigenvalue weighted by Crippen LogP contribution is 2.25. The number of hydrogen-bond donors (Lipinski definition) is 5. The Bertz CT molecular complexity index is 1100. The number of aliphatic hydroxyl groups is 2. The second-order valence-corrected chi connectivity index (χ2v) is 9.16. The van der Waals surface area contributed by atoms with Gasteiger partial charge >= 0.3 is 6.09 Å². The number of primary amides is 1. The van der Waals surface area contributed by atoms with Crippen LogP contribution in [0.4, 0.5) is 4.79 Å². The average Bonchev–Trinajstić information content (AvgIpc) is 2.95. The first-order valence-corrected chi connectivity index (χ1v) is 12.8. The van der Waals surface area contributed by atoms with Crippen LogP contribution in [0.25, 0.3) is 0 Å². The zero-order valence-corrected chi connectivity index (χ0v) is 22.7. The number of nitrogens with two attached hydrogens (primary N) is 1. The fourth-order valence-corrected chi connectivity index (χ4v) is 3.76. The summed E-state index contributed by atoms with van der Waals surface area (Å²) in [6, 6.07) is 24.5. The maximum absolute atomic E-state index is 10.4. The number of nitrogens with one attached hydrogen (secondary N) is 1. The van der Waals surface area contributed by atoms with Gasteiger partial charge in [-0.25, -0.2) is 4.79 Å². The molecule has 0 aromatic heterocycles. The molecule has 0 saturated heterocycles. The van der Waals surface area contributed by atoms with Crippen molar-refractivity contribution in [3.05, 3.63) is 90.0 Å². The molecule has 0 radical (unpaired) electrons. The van der Waals surface area contributed by atoms with Crippen molar-refractivity contribution in [1.29, 1.82) is 0 Å². The summed E-state index contributed by atoms with van der Waals surface area (Å²) in [6.45, 7) is 3.90. The highest BCUT2D eigenvalue weighted by atomic mass is 16.6. The van der Waals surface area contributed by atoms with Gasteiger partial charge in [0.05, 0.1) is 13.2 Å². The van der Waals surface area contributed by atoms with Gasteiger partial charge in [0.15, 0.2) is 11.5 Å². The molecule has 212 valence electrons.